The molecular formula is C9H18N2O. The number of nitrogens with zero attached hydrogens (tertiary/aromatic N) is 1. The second-order valence-corrected chi connectivity index (χ2v) is 3.80. The Kier molecular flexibility index (Phi) is 3.09. The zero-order valence-electron chi connectivity index (χ0n) is 8.13. The summed E-state index contributed by atoms with van der Waals surface area (Å²) in [5, 5.41) is 2.93. The van der Waals surface area contributed by atoms with E-state index in [0.717, 1.165) is 19.4 Å². The number of likely N-dealkylation sites (N-methyl/N-ethyl adjacent to an activating group) is 1. The van der Waals surface area contributed by atoms with Gasteiger partial charge < -0.3 is 5.32 Å². The third-order valence-electron chi connectivity index (χ3n) is 2.25. The summed E-state index contributed by atoms with van der Waals surface area (Å²) in [6.45, 7) is 5.04. The fraction of sp³-hybridized carbons (Fsp3) is 0.889. The predicted molar refractivity (Wildman–Crippen MR) is 48.9 cm³/mol. The molecule has 1 fully saturated rings. The molecule has 0 radical (unpaired) electrons. The topological polar surface area (TPSA) is 32.3 Å². The van der Waals surface area contributed by atoms with Crippen molar-refractivity contribution in [3.05, 3.63) is 0 Å². The molecule has 1 rings (SSSR count). The number of hydrogen-bond acceptors (Lipinski definition) is 2. The lowest BCUT2D eigenvalue weighted by Gasteiger charge is -2.19. The van der Waals surface area contributed by atoms with Crippen LogP contribution in [0.2, 0.25) is 0 Å². The highest BCUT2D eigenvalue weighted by molar-refractivity contribution is 5.82. The highest BCUT2D eigenvalue weighted by atomic mass is 16.2. The van der Waals surface area contributed by atoms with Crippen LogP contribution in [-0.4, -0.2) is 36.5 Å². The highest BCUT2D eigenvalue weighted by Crippen LogP contribution is 2.14. The van der Waals surface area contributed by atoms with Gasteiger partial charge in [-0.2, -0.15) is 0 Å². The van der Waals surface area contributed by atoms with Gasteiger partial charge in [0.05, 0.1) is 6.04 Å². The van der Waals surface area contributed by atoms with E-state index in [9.17, 15) is 4.79 Å². The molecule has 3 heteroatoms. The van der Waals surface area contributed by atoms with Crippen molar-refractivity contribution in [2.75, 3.05) is 13.6 Å². The minimum atomic E-state index is 0.118. The molecule has 0 bridgehead atoms. The predicted octanol–water partition coefficient (Wildman–Crippen LogP) is 0.605. The second kappa shape index (κ2) is 3.90. The van der Waals surface area contributed by atoms with Crippen molar-refractivity contribution in [3.63, 3.8) is 0 Å². The van der Waals surface area contributed by atoms with Crippen LogP contribution in [0.5, 0.6) is 0 Å². The molecule has 0 aromatic rings. The Morgan fingerprint density at radius 3 is 2.67 bits per heavy atom. The first-order chi connectivity index (χ1) is 5.61. The minimum absolute atomic E-state index is 0.118. The van der Waals surface area contributed by atoms with Gasteiger partial charge in [0.1, 0.15) is 0 Å². The summed E-state index contributed by atoms with van der Waals surface area (Å²) in [6.07, 6.45) is 2.15. The van der Waals surface area contributed by atoms with Gasteiger partial charge in [-0.3, -0.25) is 9.69 Å². The fourth-order valence-electron chi connectivity index (χ4n) is 1.62. The Morgan fingerprint density at radius 2 is 2.25 bits per heavy atom. The summed E-state index contributed by atoms with van der Waals surface area (Å²) in [7, 11) is 2.01. The van der Waals surface area contributed by atoms with Crippen molar-refractivity contribution < 1.29 is 4.79 Å². The molecule has 0 aromatic carbocycles. The van der Waals surface area contributed by atoms with E-state index >= 15 is 0 Å². The van der Waals surface area contributed by atoms with E-state index in [0.29, 0.717) is 0 Å². The van der Waals surface area contributed by atoms with E-state index in [2.05, 4.69) is 10.2 Å². The molecule has 1 amide bonds. The van der Waals surface area contributed by atoms with Crippen molar-refractivity contribution in [2.24, 2.45) is 0 Å². The average molecular weight is 170 g/mol. The Bertz CT molecular complexity index is 168. The smallest absolute Gasteiger partial charge is 0.237 e. The molecule has 0 spiro atoms. The molecule has 1 heterocycles. The summed E-state index contributed by atoms with van der Waals surface area (Å²) in [5.41, 5.74) is 0. The largest absolute Gasteiger partial charge is 0.353 e. The number of carbonyl (C=O) groups excluding carboxylic acids is 1. The number of rotatable bonds is 2. The third-order valence-corrected chi connectivity index (χ3v) is 2.25. The average Bonchev–Trinajstić information content (AvgIpc) is 2.33. The highest BCUT2D eigenvalue weighted by Gasteiger charge is 2.27. The number of likely N-dealkylation sites (tertiary alicyclic amines) is 1. The number of nitrogens with one attached hydrogen (secondary N) is 1. The van der Waals surface area contributed by atoms with Crippen molar-refractivity contribution in [1.82, 2.24) is 10.2 Å². The molecule has 0 aliphatic carbocycles. The van der Waals surface area contributed by atoms with Crippen LogP contribution in [0.1, 0.15) is 26.7 Å². The Hall–Kier alpha value is -0.570. The van der Waals surface area contributed by atoms with Crippen LogP contribution < -0.4 is 5.32 Å². The van der Waals surface area contributed by atoms with Crippen LogP contribution in [0.4, 0.5) is 0 Å². The van der Waals surface area contributed by atoms with E-state index < -0.39 is 0 Å². The van der Waals surface area contributed by atoms with E-state index in [-0.39, 0.29) is 18.0 Å². The standard InChI is InChI=1S/C9H18N2O/c1-7(2)10-9(12)8-5-4-6-11(8)3/h7-8H,4-6H2,1-3H3,(H,10,12)/t8-/m1/s1. The lowest BCUT2D eigenvalue weighted by atomic mass is 10.2. The zero-order valence-corrected chi connectivity index (χ0v) is 8.13. The molecule has 1 N–H and O–H groups in total. The first kappa shape index (κ1) is 9.52. The van der Waals surface area contributed by atoms with Gasteiger partial charge in [-0.15, -0.1) is 0 Å². The second-order valence-electron chi connectivity index (χ2n) is 3.80. The zero-order chi connectivity index (χ0) is 9.14. The molecular weight excluding hydrogens is 152 g/mol. The van der Waals surface area contributed by atoms with Crippen molar-refractivity contribution in [1.29, 1.82) is 0 Å². The van der Waals surface area contributed by atoms with Crippen LogP contribution in [0.25, 0.3) is 0 Å². The van der Waals surface area contributed by atoms with E-state index in [1.165, 1.54) is 0 Å². The van der Waals surface area contributed by atoms with E-state index in [1.807, 2.05) is 20.9 Å². The summed E-state index contributed by atoms with van der Waals surface area (Å²) in [5.74, 6) is 0.185. The van der Waals surface area contributed by atoms with Crippen LogP contribution in [0.15, 0.2) is 0 Å². The summed E-state index contributed by atoms with van der Waals surface area (Å²) in [4.78, 5) is 13.6. The van der Waals surface area contributed by atoms with Gasteiger partial charge >= 0.3 is 0 Å². The third kappa shape index (κ3) is 2.21. The molecule has 1 saturated heterocycles. The van der Waals surface area contributed by atoms with E-state index in [1.54, 1.807) is 0 Å². The monoisotopic (exact) mass is 170 g/mol. The number of hydrogen-bond donors (Lipinski definition) is 1. The summed E-state index contributed by atoms with van der Waals surface area (Å²) >= 11 is 0. The minimum Gasteiger partial charge on any atom is -0.353 e. The molecule has 0 aromatic heterocycles. The van der Waals surface area contributed by atoms with Gasteiger partial charge in [-0.25, -0.2) is 0 Å². The van der Waals surface area contributed by atoms with Crippen molar-refractivity contribution >= 4 is 5.91 Å². The Morgan fingerprint density at radius 1 is 1.58 bits per heavy atom. The van der Waals surface area contributed by atoms with Gasteiger partial charge in [-0.05, 0) is 40.3 Å². The van der Waals surface area contributed by atoms with Crippen LogP contribution in [-0.2, 0) is 4.79 Å². The van der Waals surface area contributed by atoms with Crippen LogP contribution >= 0.6 is 0 Å². The van der Waals surface area contributed by atoms with Crippen molar-refractivity contribution in [2.45, 2.75) is 38.8 Å². The normalized spacial score (nSPS) is 24.8. The fourth-order valence-corrected chi connectivity index (χ4v) is 1.62. The van der Waals surface area contributed by atoms with Gasteiger partial charge in [-0.1, -0.05) is 0 Å². The maximum Gasteiger partial charge on any atom is 0.237 e. The maximum atomic E-state index is 11.5. The lowest BCUT2D eigenvalue weighted by molar-refractivity contribution is -0.125. The van der Waals surface area contributed by atoms with Gasteiger partial charge in [0, 0.05) is 6.04 Å². The molecule has 1 aliphatic heterocycles. The molecule has 0 saturated carbocycles. The molecule has 3 nitrogen and oxygen atoms in total. The molecule has 0 unspecified atom stereocenters. The first-order valence-electron chi connectivity index (χ1n) is 4.62. The quantitative estimate of drug-likeness (QED) is 0.658. The molecule has 1 atom stereocenters. The first-order valence-corrected chi connectivity index (χ1v) is 4.62. The summed E-state index contributed by atoms with van der Waals surface area (Å²) < 4.78 is 0. The molecule has 12 heavy (non-hydrogen) atoms. The van der Waals surface area contributed by atoms with Gasteiger partial charge in [0.2, 0.25) is 5.91 Å². The maximum absolute atomic E-state index is 11.5. The summed E-state index contributed by atoms with van der Waals surface area (Å²) in [6, 6.07) is 0.374. The molecule has 1 aliphatic rings. The van der Waals surface area contributed by atoms with Gasteiger partial charge in [0.25, 0.3) is 0 Å². The van der Waals surface area contributed by atoms with Crippen LogP contribution in [0, 0.1) is 0 Å². The Balaban J connectivity index is 2.41. The number of amides is 1. The van der Waals surface area contributed by atoms with Gasteiger partial charge in [0.15, 0.2) is 0 Å². The Labute approximate surface area is 74.1 Å². The SMILES string of the molecule is CC(C)NC(=O)[C@H]1CCCN1C. The van der Waals surface area contributed by atoms with E-state index in [4.69, 9.17) is 0 Å². The molecule has 70 valence electrons. The number of carbonyl (C=O) groups is 1. The van der Waals surface area contributed by atoms with Crippen molar-refractivity contribution in [3.8, 4) is 0 Å². The lowest BCUT2D eigenvalue weighted by Crippen LogP contribution is -2.43. The van der Waals surface area contributed by atoms with Crippen LogP contribution in [0.3, 0.4) is 0 Å².